The summed E-state index contributed by atoms with van der Waals surface area (Å²) in [6.07, 6.45) is 8.36. The first-order valence-corrected chi connectivity index (χ1v) is 6.41. The molecule has 0 bridgehead atoms. The van der Waals surface area contributed by atoms with E-state index >= 15 is 0 Å². The summed E-state index contributed by atoms with van der Waals surface area (Å²) >= 11 is 0. The van der Waals surface area contributed by atoms with Gasteiger partial charge in [-0.25, -0.2) is 0 Å². The summed E-state index contributed by atoms with van der Waals surface area (Å²) in [5.74, 6) is 0.759. The van der Waals surface area contributed by atoms with Crippen molar-refractivity contribution in [1.29, 1.82) is 0 Å². The predicted molar refractivity (Wildman–Crippen MR) is 65.7 cm³/mol. The third-order valence-electron chi connectivity index (χ3n) is 3.00. The molecule has 0 heterocycles. The maximum atomic E-state index is 3.57. The number of hydrogen-bond acceptors (Lipinski definition) is 1. The Hall–Kier alpha value is -0.0400. The number of nitrogens with one attached hydrogen (secondary N) is 1. The van der Waals surface area contributed by atoms with E-state index in [2.05, 4.69) is 33.0 Å². The molecule has 0 rings (SSSR count). The Morgan fingerprint density at radius 1 is 0.857 bits per heavy atom. The van der Waals surface area contributed by atoms with E-state index in [0.717, 1.165) is 5.92 Å². The van der Waals surface area contributed by atoms with Gasteiger partial charge in [0.1, 0.15) is 0 Å². The molecule has 0 aliphatic heterocycles. The van der Waals surface area contributed by atoms with Crippen molar-refractivity contribution in [2.75, 3.05) is 6.54 Å². The van der Waals surface area contributed by atoms with Crippen molar-refractivity contribution in [1.82, 2.24) is 5.32 Å². The minimum Gasteiger partial charge on any atom is -0.314 e. The molecule has 0 spiro atoms. The van der Waals surface area contributed by atoms with Gasteiger partial charge in [-0.1, -0.05) is 52.9 Å². The summed E-state index contributed by atoms with van der Waals surface area (Å²) < 4.78 is 0. The zero-order valence-electron chi connectivity index (χ0n) is 10.6. The van der Waals surface area contributed by atoms with Crippen molar-refractivity contribution in [3.63, 3.8) is 0 Å². The van der Waals surface area contributed by atoms with E-state index < -0.39 is 0 Å². The Morgan fingerprint density at radius 2 is 1.43 bits per heavy atom. The highest BCUT2D eigenvalue weighted by molar-refractivity contribution is 4.63. The first-order chi connectivity index (χ1) is 6.68. The van der Waals surface area contributed by atoms with Crippen molar-refractivity contribution >= 4 is 0 Å². The van der Waals surface area contributed by atoms with Crippen LogP contribution in [0.1, 0.15) is 66.2 Å². The summed E-state index contributed by atoms with van der Waals surface area (Å²) in [5, 5.41) is 3.57. The molecule has 1 heteroatoms. The molecule has 0 amide bonds. The standard InChI is InChI=1S/C13H29N/c1-5-6-7-8-9-10-11-14-13(4)12(2)3/h12-14H,5-11H2,1-4H3. The van der Waals surface area contributed by atoms with Gasteiger partial charge in [0.25, 0.3) is 0 Å². The van der Waals surface area contributed by atoms with Crippen molar-refractivity contribution in [3.05, 3.63) is 0 Å². The van der Waals surface area contributed by atoms with Gasteiger partial charge in [0.2, 0.25) is 0 Å². The lowest BCUT2D eigenvalue weighted by molar-refractivity contribution is 0.419. The second-order valence-electron chi connectivity index (χ2n) is 4.75. The summed E-state index contributed by atoms with van der Waals surface area (Å²) in [6, 6.07) is 0.672. The van der Waals surface area contributed by atoms with Gasteiger partial charge in [0, 0.05) is 6.04 Å². The molecule has 1 atom stereocenters. The summed E-state index contributed by atoms with van der Waals surface area (Å²) in [6.45, 7) is 10.3. The van der Waals surface area contributed by atoms with Crippen LogP contribution in [0.3, 0.4) is 0 Å². The highest BCUT2D eigenvalue weighted by Crippen LogP contribution is 2.05. The van der Waals surface area contributed by atoms with Crippen LogP contribution in [0.4, 0.5) is 0 Å². The number of hydrogen-bond donors (Lipinski definition) is 1. The first-order valence-electron chi connectivity index (χ1n) is 6.41. The average molecular weight is 199 g/mol. The minimum atomic E-state index is 0.672. The SMILES string of the molecule is CCCCCCCCNC(C)C(C)C. The molecule has 0 radical (unpaired) electrons. The number of rotatable bonds is 9. The van der Waals surface area contributed by atoms with Gasteiger partial charge >= 0.3 is 0 Å². The van der Waals surface area contributed by atoms with Gasteiger partial charge < -0.3 is 5.32 Å². The zero-order valence-corrected chi connectivity index (χ0v) is 10.6. The molecular weight excluding hydrogens is 170 g/mol. The molecule has 0 aromatic carbocycles. The van der Waals surface area contributed by atoms with Crippen LogP contribution in [0.25, 0.3) is 0 Å². The van der Waals surface area contributed by atoms with E-state index in [0.29, 0.717) is 6.04 Å². The van der Waals surface area contributed by atoms with Crippen LogP contribution in [-0.2, 0) is 0 Å². The molecule has 0 aromatic heterocycles. The van der Waals surface area contributed by atoms with E-state index in [9.17, 15) is 0 Å². The van der Waals surface area contributed by atoms with Crippen LogP contribution in [0, 0.1) is 5.92 Å². The van der Waals surface area contributed by atoms with Crippen LogP contribution in [0.2, 0.25) is 0 Å². The molecule has 0 saturated carbocycles. The van der Waals surface area contributed by atoms with Gasteiger partial charge in [-0.2, -0.15) is 0 Å². The Labute approximate surface area is 90.7 Å². The average Bonchev–Trinajstić information content (AvgIpc) is 2.16. The molecule has 1 nitrogen and oxygen atoms in total. The molecule has 1 N–H and O–H groups in total. The molecular formula is C13H29N. The Balaban J connectivity index is 3.06. The Bertz CT molecular complexity index is 110. The molecule has 0 fully saturated rings. The molecule has 14 heavy (non-hydrogen) atoms. The van der Waals surface area contributed by atoms with Crippen molar-refractivity contribution < 1.29 is 0 Å². The molecule has 0 aliphatic carbocycles. The fourth-order valence-corrected chi connectivity index (χ4v) is 1.47. The normalized spacial score (nSPS) is 13.5. The second-order valence-corrected chi connectivity index (χ2v) is 4.75. The van der Waals surface area contributed by atoms with Gasteiger partial charge in [-0.3, -0.25) is 0 Å². The fraction of sp³-hybridized carbons (Fsp3) is 1.00. The first kappa shape index (κ1) is 14.0. The van der Waals surface area contributed by atoms with Crippen LogP contribution >= 0.6 is 0 Å². The van der Waals surface area contributed by atoms with E-state index in [1.807, 2.05) is 0 Å². The van der Waals surface area contributed by atoms with Crippen LogP contribution in [-0.4, -0.2) is 12.6 Å². The van der Waals surface area contributed by atoms with Gasteiger partial charge in [0.15, 0.2) is 0 Å². The van der Waals surface area contributed by atoms with E-state index in [1.165, 1.54) is 45.1 Å². The van der Waals surface area contributed by atoms with Crippen LogP contribution in [0.5, 0.6) is 0 Å². The van der Waals surface area contributed by atoms with Crippen molar-refractivity contribution in [2.24, 2.45) is 5.92 Å². The fourth-order valence-electron chi connectivity index (χ4n) is 1.47. The maximum absolute atomic E-state index is 3.57. The Morgan fingerprint density at radius 3 is 2.00 bits per heavy atom. The van der Waals surface area contributed by atoms with Gasteiger partial charge in [0.05, 0.1) is 0 Å². The Kier molecular flexibility index (Phi) is 9.49. The summed E-state index contributed by atoms with van der Waals surface area (Å²) in [7, 11) is 0. The highest BCUT2D eigenvalue weighted by Gasteiger charge is 2.04. The largest absolute Gasteiger partial charge is 0.314 e. The van der Waals surface area contributed by atoms with E-state index in [-0.39, 0.29) is 0 Å². The quantitative estimate of drug-likeness (QED) is 0.554. The molecule has 0 aromatic rings. The topological polar surface area (TPSA) is 12.0 Å². The molecule has 0 saturated heterocycles. The third-order valence-corrected chi connectivity index (χ3v) is 3.00. The third kappa shape index (κ3) is 8.55. The summed E-state index contributed by atoms with van der Waals surface area (Å²) in [4.78, 5) is 0. The molecule has 0 aliphatic rings. The van der Waals surface area contributed by atoms with Crippen LogP contribution < -0.4 is 5.32 Å². The molecule has 86 valence electrons. The highest BCUT2D eigenvalue weighted by atomic mass is 14.9. The van der Waals surface area contributed by atoms with Crippen molar-refractivity contribution in [3.8, 4) is 0 Å². The smallest absolute Gasteiger partial charge is 0.00617 e. The predicted octanol–water partition coefficient (Wildman–Crippen LogP) is 3.98. The molecule has 1 unspecified atom stereocenters. The lowest BCUT2D eigenvalue weighted by Crippen LogP contribution is -2.31. The second kappa shape index (κ2) is 9.51. The van der Waals surface area contributed by atoms with E-state index in [4.69, 9.17) is 0 Å². The number of unbranched alkanes of at least 4 members (excludes halogenated alkanes) is 5. The van der Waals surface area contributed by atoms with Gasteiger partial charge in [-0.15, -0.1) is 0 Å². The maximum Gasteiger partial charge on any atom is 0.00617 e. The van der Waals surface area contributed by atoms with Gasteiger partial charge in [-0.05, 0) is 25.8 Å². The van der Waals surface area contributed by atoms with Crippen molar-refractivity contribution in [2.45, 2.75) is 72.3 Å². The van der Waals surface area contributed by atoms with Crippen LogP contribution in [0.15, 0.2) is 0 Å². The lowest BCUT2D eigenvalue weighted by atomic mass is 10.1. The lowest BCUT2D eigenvalue weighted by Gasteiger charge is -2.17. The van der Waals surface area contributed by atoms with E-state index in [1.54, 1.807) is 0 Å². The monoisotopic (exact) mass is 199 g/mol. The zero-order chi connectivity index (χ0) is 10.8. The minimum absolute atomic E-state index is 0.672. The summed E-state index contributed by atoms with van der Waals surface area (Å²) in [5.41, 5.74) is 0.